The number of nitrogens with one attached hydrogen (secondary N) is 1. The molecule has 1 amide bonds. The Morgan fingerprint density at radius 2 is 1.45 bits per heavy atom. The van der Waals surface area contributed by atoms with E-state index >= 15 is 0 Å². The highest BCUT2D eigenvalue weighted by Gasteiger charge is 2.35. The van der Waals surface area contributed by atoms with Gasteiger partial charge in [0.1, 0.15) is 4.90 Å². The molecule has 3 aromatic rings. The molecule has 0 aliphatic carbocycles. The largest absolute Gasteiger partial charge is 0.339 e. The molecule has 5 nitrogen and oxygen atoms in total. The van der Waals surface area contributed by atoms with E-state index in [0.29, 0.717) is 22.2 Å². The number of rotatable bonds is 8. The van der Waals surface area contributed by atoms with Crippen molar-refractivity contribution in [1.29, 1.82) is 0 Å². The first-order chi connectivity index (χ1) is 15.6. The first-order valence-electron chi connectivity index (χ1n) is 10.9. The molecule has 33 heavy (non-hydrogen) atoms. The SMILES string of the molecule is CCN(CC)C(=O)c1c(I)ccc(-c2ccccc2)c1S(=O)(=O)NC(C)(C)c1ccccc1. The fraction of sp³-hybridized carbons (Fsp3) is 0.269. The van der Waals surface area contributed by atoms with Crippen LogP contribution in [0.5, 0.6) is 0 Å². The molecule has 174 valence electrons. The van der Waals surface area contributed by atoms with Crippen molar-refractivity contribution in [1.82, 2.24) is 9.62 Å². The van der Waals surface area contributed by atoms with Crippen molar-refractivity contribution in [3.8, 4) is 11.1 Å². The summed E-state index contributed by atoms with van der Waals surface area (Å²) in [5, 5.41) is 0. The Kier molecular flexibility index (Phi) is 7.97. The van der Waals surface area contributed by atoms with Crippen LogP contribution in [0.4, 0.5) is 0 Å². The standard InChI is InChI=1S/C26H29IN2O3S/c1-5-29(6-2)25(30)23-22(27)18-17-21(19-13-9-7-10-14-19)24(23)33(31,32)28-26(3,4)20-15-11-8-12-16-20/h7-18,28H,5-6H2,1-4H3. The van der Waals surface area contributed by atoms with E-state index in [0.717, 1.165) is 11.1 Å². The number of sulfonamides is 1. The molecule has 0 atom stereocenters. The van der Waals surface area contributed by atoms with Crippen molar-refractivity contribution in [2.45, 2.75) is 38.1 Å². The van der Waals surface area contributed by atoms with Crippen LogP contribution in [0.15, 0.2) is 77.7 Å². The van der Waals surface area contributed by atoms with Crippen LogP contribution in [-0.4, -0.2) is 32.3 Å². The minimum Gasteiger partial charge on any atom is -0.339 e. The Labute approximate surface area is 210 Å². The number of hydrogen-bond donors (Lipinski definition) is 1. The minimum absolute atomic E-state index is 0.0153. The maximum Gasteiger partial charge on any atom is 0.256 e. The van der Waals surface area contributed by atoms with Gasteiger partial charge in [0.2, 0.25) is 10.0 Å². The van der Waals surface area contributed by atoms with Gasteiger partial charge in [-0.3, -0.25) is 4.79 Å². The molecular weight excluding hydrogens is 547 g/mol. The van der Waals surface area contributed by atoms with E-state index in [1.165, 1.54) is 0 Å². The third kappa shape index (κ3) is 5.47. The van der Waals surface area contributed by atoms with Gasteiger partial charge in [0.05, 0.1) is 11.1 Å². The lowest BCUT2D eigenvalue weighted by molar-refractivity contribution is 0.0768. The molecule has 0 fully saturated rings. The van der Waals surface area contributed by atoms with Gasteiger partial charge in [-0.05, 0) is 67.5 Å². The normalized spacial score (nSPS) is 11.9. The molecule has 0 heterocycles. The summed E-state index contributed by atoms with van der Waals surface area (Å²) in [7, 11) is -4.10. The van der Waals surface area contributed by atoms with Crippen LogP contribution in [0.25, 0.3) is 11.1 Å². The summed E-state index contributed by atoms with van der Waals surface area (Å²) in [6.07, 6.45) is 0. The fourth-order valence-electron chi connectivity index (χ4n) is 3.85. The summed E-state index contributed by atoms with van der Waals surface area (Å²) in [4.78, 5) is 15.2. The van der Waals surface area contributed by atoms with Crippen molar-refractivity contribution in [3.63, 3.8) is 0 Å². The number of nitrogens with zero attached hydrogens (tertiary/aromatic N) is 1. The summed E-state index contributed by atoms with van der Waals surface area (Å²) in [6.45, 7) is 8.40. The van der Waals surface area contributed by atoms with Gasteiger partial charge < -0.3 is 4.90 Å². The van der Waals surface area contributed by atoms with E-state index in [9.17, 15) is 13.2 Å². The first kappa shape index (κ1) is 25.4. The Bertz CT molecular complexity index is 1220. The summed E-state index contributed by atoms with van der Waals surface area (Å²) in [6, 6.07) is 22.3. The van der Waals surface area contributed by atoms with E-state index in [1.807, 2.05) is 88.4 Å². The Morgan fingerprint density at radius 1 is 0.909 bits per heavy atom. The fourth-order valence-corrected chi connectivity index (χ4v) is 6.55. The molecule has 3 rings (SSSR count). The second kappa shape index (κ2) is 10.4. The monoisotopic (exact) mass is 576 g/mol. The number of carbonyl (C=O) groups excluding carboxylic acids is 1. The predicted octanol–water partition coefficient (Wildman–Crippen LogP) is 5.65. The van der Waals surface area contributed by atoms with E-state index in [-0.39, 0.29) is 16.4 Å². The third-order valence-corrected chi connectivity index (χ3v) is 8.25. The maximum atomic E-state index is 14.0. The molecule has 0 unspecified atom stereocenters. The van der Waals surface area contributed by atoms with Gasteiger partial charge in [0.15, 0.2) is 0 Å². The van der Waals surface area contributed by atoms with Crippen molar-refractivity contribution in [2.75, 3.05) is 13.1 Å². The van der Waals surface area contributed by atoms with E-state index < -0.39 is 15.6 Å². The summed E-state index contributed by atoms with van der Waals surface area (Å²) in [5.41, 5.74) is 1.39. The molecule has 0 saturated heterocycles. The highest BCUT2D eigenvalue weighted by molar-refractivity contribution is 14.1. The van der Waals surface area contributed by atoms with Crippen molar-refractivity contribution in [3.05, 3.63) is 87.5 Å². The van der Waals surface area contributed by atoms with Crippen LogP contribution >= 0.6 is 22.6 Å². The van der Waals surface area contributed by atoms with Crippen LogP contribution in [0.3, 0.4) is 0 Å². The second-order valence-electron chi connectivity index (χ2n) is 8.24. The lowest BCUT2D eigenvalue weighted by atomic mass is 9.96. The number of benzene rings is 3. The van der Waals surface area contributed by atoms with Gasteiger partial charge >= 0.3 is 0 Å². The third-order valence-electron chi connectivity index (χ3n) is 5.61. The number of halogens is 1. The lowest BCUT2D eigenvalue weighted by Gasteiger charge is -2.29. The minimum atomic E-state index is -4.10. The van der Waals surface area contributed by atoms with E-state index in [1.54, 1.807) is 17.0 Å². The van der Waals surface area contributed by atoms with Gasteiger partial charge in [-0.1, -0.05) is 66.7 Å². The van der Waals surface area contributed by atoms with E-state index in [2.05, 4.69) is 27.3 Å². The summed E-state index contributed by atoms with van der Waals surface area (Å²) >= 11 is 2.05. The zero-order valence-electron chi connectivity index (χ0n) is 19.3. The van der Waals surface area contributed by atoms with Gasteiger partial charge in [-0.15, -0.1) is 0 Å². The molecule has 7 heteroatoms. The molecular formula is C26H29IN2O3S. The zero-order chi connectivity index (χ0) is 24.2. The summed E-state index contributed by atoms with van der Waals surface area (Å²) in [5.74, 6) is -0.292. The van der Waals surface area contributed by atoms with Crippen molar-refractivity contribution in [2.24, 2.45) is 0 Å². The van der Waals surface area contributed by atoms with E-state index in [4.69, 9.17) is 0 Å². The average Bonchev–Trinajstić information content (AvgIpc) is 2.80. The molecule has 3 aromatic carbocycles. The van der Waals surface area contributed by atoms with Crippen LogP contribution in [0.2, 0.25) is 0 Å². The number of carbonyl (C=O) groups is 1. The van der Waals surface area contributed by atoms with Gasteiger partial charge in [0, 0.05) is 22.2 Å². The van der Waals surface area contributed by atoms with Crippen LogP contribution < -0.4 is 4.72 Å². The molecule has 0 spiro atoms. The van der Waals surface area contributed by atoms with Gasteiger partial charge in [-0.2, -0.15) is 0 Å². The first-order valence-corrected chi connectivity index (χ1v) is 13.4. The quantitative estimate of drug-likeness (QED) is 0.353. The molecule has 0 saturated carbocycles. The topological polar surface area (TPSA) is 66.5 Å². The molecule has 0 aromatic heterocycles. The van der Waals surface area contributed by atoms with Crippen LogP contribution in [0, 0.1) is 3.57 Å². The second-order valence-corrected chi connectivity index (χ2v) is 11.0. The molecule has 0 aliphatic heterocycles. The van der Waals surface area contributed by atoms with Crippen LogP contribution in [0.1, 0.15) is 43.6 Å². The number of hydrogen-bond acceptors (Lipinski definition) is 3. The smallest absolute Gasteiger partial charge is 0.256 e. The lowest BCUT2D eigenvalue weighted by Crippen LogP contribution is -2.42. The van der Waals surface area contributed by atoms with Gasteiger partial charge in [-0.25, -0.2) is 13.1 Å². The summed E-state index contributed by atoms with van der Waals surface area (Å²) < 4.78 is 31.5. The highest BCUT2D eigenvalue weighted by Crippen LogP contribution is 2.35. The zero-order valence-corrected chi connectivity index (χ0v) is 22.3. The molecule has 0 radical (unpaired) electrons. The predicted molar refractivity (Wildman–Crippen MR) is 142 cm³/mol. The molecule has 0 aliphatic rings. The Hall–Kier alpha value is -2.23. The molecule has 0 bridgehead atoms. The highest BCUT2D eigenvalue weighted by atomic mass is 127. The molecule has 1 N–H and O–H groups in total. The van der Waals surface area contributed by atoms with Crippen molar-refractivity contribution >= 4 is 38.5 Å². The average molecular weight is 577 g/mol. The number of amides is 1. The van der Waals surface area contributed by atoms with Crippen molar-refractivity contribution < 1.29 is 13.2 Å². The Morgan fingerprint density at radius 3 is 2.00 bits per heavy atom. The van der Waals surface area contributed by atoms with Gasteiger partial charge in [0.25, 0.3) is 5.91 Å². The van der Waals surface area contributed by atoms with Crippen LogP contribution in [-0.2, 0) is 15.6 Å². The maximum absolute atomic E-state index is 14.0. The Balaban J connectivity index is 2.27.